The van der Waals surface area contributed by atoms with Crippen LogP contribution in [-0.4, -0.2) is 49.1 Å². The van der Waals surface area contributed by atoms with Crippen molar-refractivity contribution in [2.45, 2.75) is 19.3 Å². The van der Waals surface area contributed by atoms with Crippen LogP contribution in [-0.2, 0) is 14.8 Å². The lowest BCUT2D eigenvalue weighted by atomic mass is 9.94. The summed E-state index contributed by atoms with van der Waals surface area (Å²) in [5.74, 6) is -1.30. The lowest BCUT2D eigenvalue weighted by Crippen LogP contribution is -2.38. The van der Waals surface area contributed by atoms with Gasteiger partial charge in [0.2, 0.25) is 21.7 Å². The highest BCUT2D eigenvalue weighted by atomic mass is 32.2. The van der Waals surface area contributed by atoms with Crippen LogP contribution in [0.15, 0.2) is 28.7 Å². The normalized spacial score (nSPS) is 16.7. The number of benzene rings is 1. The van der Waals surface area contributed by atoms with Gasteiger partial charge in [0.1, 0.15) is 5.58 Å². The Balaban J connectivity index is 1.58. The van der Waals surface area contributed by atoms with Crippen molar-refractivity contribution in [1.29, 1.82) is 0 Å². The Morgan fingerprint density at radius 3 is 2.58 bits per heavy atom. The molecule has 2 N–H and O–H groups in total. The quantitative estimate of drug-likeness (QED) is 0.821. The van der Waals surface area contributed by atoms with E-state index >= 15 is 0 Å². The number of rotatable bonds is 5. The van der Waals surface area contributed by atoms with E-state index in [1.165, 1.54) is 16.6 Å². The molecule has 0 spiro atoms. The molecule has 0 atom stereocenters. The van der Waals surface area contributed by atoms with Gasteiger partial charge >= 0.3 is 5.97 Å². The number of aromatic carboxylic acids is 1. The maximum Gasteiger partial charge on any atom is 0.371 e. The van der Waals surface area contributed by atoms with Gasteiger partial charge in [-0.15, -0.1) is 0 Å². The van der Waals surface area contributed by atoms with Crippen LogP contribution in [0.5, 0.6) is 0 Å². The Hall–Kier alpha value is -2.39. The predicted molar refractivity (Wildman–Crippen MR) is 95.6 cm³/mol. The minimum absolute atomic E-state index is 0.143. The molecule has 1 fully saturated rings. The zero-order chi connectivity index (χ0) is 18.9. The lowest BCUT2D eigenvalue weighted by molar-refractivity contribution is -0.117. The summed E-state index contributed by atoms with van der Waals surface area (Å²) >= 11 is 0. The number of amides is 1. The number of piperidine rings is 1. The third-order valence-electron chi connectivity index (χ3n) is 4.53. The third-order valence-corrected chi connectivity index (χ3v) is 5.83. The highest BCUT2D eigenvalue weighted by Gasteiger charge is 2.26. The van der Waals surface area contributed by atoms with Gasteiger partial charge in [-0.25, -0.2) is 17.5 Å². The van der Waals surface area contributed by atoms with Crippen LogP contribution >= 0.6 is 0 Å². The van der Waals surface area contributed by atoms with Crippen molar-refractivity contribution in [2.24, 2.45) is 5.92 Å². The average molecular weight is 380 g/mol. The van der Waals surface area contributed by atoms with E-state index in [2.05, 4.69) is 5.32 Å². The summed E-state index contributed by atoms with van der Waals surface area (Å²) in [6, 6.07) is 6.34. The number of hydrogen-bond donors (Lipinski definition) is 2. The van der Waals surface area contributed by atoms with E-state index in [0.29, 0.717) is 49.0 Å². The molecule has 1 amide bonds. The van der Waals surface area contributed by atoms with Crippen molar-refractivity contribution in [3.63, 3.8) is 0 Å². The standard InChI is InChI=1S/C17H20N2O6S/c1-26(23,24)19-6-4-11(5-7-19)8-16(20)18-13-2-3-14-12(9-13)10-15(25-14)17(21)22/h2-3,9-11H,4-8H2,1H3,(H,18,20)(H,21,22). The largest absolute Gasteiger partial charge is 0.475 e. The molecule has 0 saturated carbocycles. The van der Waals surface area contributed by atoms with Crippen LogP contribution < -0.4 is 5.32 Å². The van der Waals surface area contributed by atoms with Crippen molar-refractivity contribution in [1.82, 2.24) is 4.31 Å². The van der Waals surface area contributed by atoms with Crippen molar-refractivity contribution in [3.8, 4) is 0 Å². The van der Waals surface area contributed by atoms with Gasteiger partial charge in [-0.05, 0) is 43.0 Å². The van der Waals surface area contributed by atoms with Gasteiger partial charge in [-0.3, -0.25) is 4.79 Å². The second-order valence-corrected chi connectivity index (χ2v) is 8.51. The van der Waals surface area contributed by atoms with Gasteiger partial charge in [0, 0.05) is 30.6 Å². The van der Waals surface area contributed by atoms with E-state index in [1.54, 1.807) is 18.2 Å². The van der Waals surface area contributed by atoms with Crippen LogP contribution in [0, 0.1) is 5.92 Å². The number of nitrogens with zero attached hydrogens (tertiary/aromatic N) is 1. The summed E-state index contributed by atoms with van der Waals surface area (Å²) in [5, 5.41) is 12.3. The molecule has 1 aliphatic heterocycles. The molecule has 1 saturated heterocycles. The second-order valence-electron chi connectivity index (χ2n) is 6.53. The molecule has 1 aromatic heterocycles. The molecule has 2 heterocycles. The topological polar surface area (TPSA) is 117 Å². The minimum atomic E-state index is -3.17. The molecule has 0 unspecified atom stereocenters. The molecule has 0 aliphatic carbocycles. The molecule has 0 bridgehead atoms. The van der Waals surface area contributed by atoms with Crippen molar-refractivity contribution in [3.05, 3.63) is 30.0 Å². The summed E-state index contributed by atoms with van der Waals surface area (Å²) in [6.45, 7) is 0.880. The molecular formula is C17H20N2O6S. The van der Waals surface area contributed by atoms with Crippen molar-refractivity contribution < 1.29 is 27.5 Å². The van der Waals surface area contributed by atoms with E-state index in [0.717, 1.165) is 0 Å². The predicted octanol–water partition coefficient (Wildman–Crippen LogP) is 2.13. The second kappa shape index (κ2) is 7.08. The van der Waals surface area contributed by atoms with E-state index in [9.17, 15) is 18.0 Å². The first-order chi connectivity index (χ1) is 12.2. The Bertz CT molecular complexity index is 941. The van der Waals surface area contributed by atoms with E-state index in [4.69, 9.17) is 9.52 Å². The highest BCUT2D eigenvalue weighted by Crippen LogP contribution is 2.25. The number of sulfonamides is 1. The third kappa shape index (κ3) is 4.23. The molecule has 140 valence electrons. The smallest absolute Gasteiger partial charge is 0.371 e. The first-order valence-corrected chi connectivity index (χ1v) is 10.1. The molecule has 1 aromatic carbocycles. The van der Waals surface area contributed by atoms with Gasteiger partial charge in [0.15, 0.2) is 0 Å². The number of nitrogens with one attached hydrogen (secondary N) is 1. The fourth-order valence-electron chi connectivity index (χ4n) is 3.15. The van der Waals surface area contributed by atoms with Gasteiger partial charge < -0.3 is 14.8 Å². The summed E-state index contributed by atoms with van der Waals surface area (Å²) in [4.78, 5) is 23.2. The molecule has 3 rings (SSSR count). The molecule has 1 aliphatic rings. The van der Waals surface area contributed by atoms with Crippen LogP contribution in [0.1, 0.15) is 29.8 Å². The Morgan fingerprint density at radius 2 is 1.96 bits per heavy atom. The van der Waals surface area contributed by atoms with E-state index in [1.807, 2.05) is 0 Å². The zero-order valence-electron chi connectivity index (χ0n) is 14.3. The molecule has 8 nitrogen and oxygen atoms in total. The molecule has 26 heavy (non-hydrogen) atoms. The summed E-state index contributed by atoms with van der Waals surface area (Å²) in [7, 11) is -3.17. The number of carboxylic acid groups (broad SMARTS) is 1. The number of hydrogen-bond acceptors (Lipinski definition) is 5. The number of carbonyl (C=O) groups excluding carboxylic acids is 1. The average Bonchev–Trinajstić information content (AvgIpc) is 2.98. The van der Waals surface area contributed by atoms with E-state index in [-0.39, 0.29) is 17.6 Å². The minimum Gasteiger partial charge on any atom is -0.475 e. The summed E-state index contributed by atoms with van der Waals surface area (Å²) in [6.07, 6.45) is 2.83. The first kappa shape index (κ1) is 18.4. The Kier molecular flexibility index (Phi) is 5.01. The van der Waals surface area contributed by atoms with Crippen molar-refractivity contribution in [2.75, 3.05) is 24.7 Å². The van der Waals surface area contributed by atoms with Crippen LogP contribution in [0.4, 0.5) is 5.69 Å². The lowest BCUT2D eigenvalue weighted by Gasteiger charge is -2.29. The summed E-state index contributed by atoms with van der Waals surface area (Å²) in [5.41, 5.74) is 1.00. The van der Waals surface area contributed by atoms with Gasteiger partial charge in [0.05, 0.1) is 6.26 Å². The number of anilines is 1. The Morgan fingerprint density at radius 1 is 1.27 bits per heavy atom. The number of furan rings is 1. The van der Waals surface area contributed by atoms with Crippen LogP contribution in [0.2, 0.25) is 0 Å². The molecule has 2 aromatic rings. The Labute approximate surface area is 150 Å². The van der Waals surface area contributed by atoms with Gasteiger partial charge in [-0.1, -0.05) is 0 Å². The summed E-state index contributed by atoms with van der Waals surface area (Å²) < 4.78 is 29.6. The highest BCUT2D eigenvalue weighted by molar-refractivity contribution is 7.88. The fraction of sp³-hybridized carbons (Fsp3) is 0.412. The molecule has 0 radical (unpaired) electrons. The number of carbonyl (C=O) groups is 2. The van der Waals surface area contributed by atoms with Gasteiger partial charge in [-0.2, -0.15) is 0 Å². The van der Waals surface area contributed by atoms with Crippen LogP contribution in [0.25, 0.3) is 11.0 Å². The van der Waals surface area contributed by atoms with Crippen LogP contribution in [0.3, 0.4) is 0 Å². The SMILES string of the molecule is CS(=O)(=O)N1CCC(CC(=O)Nc2ccc3oc(C(=O)O)cc3c2)CC1. The monoisotopic (exact) mass is 380 g/mol. The fourth-order valence-corrected chi connectivity index (χ4v) is 4.02. The van der Waals surface area contributed by atoms with E-state index < -0.39 is 16.0 Å². The van der Waals surface area contributed by atoms with Gasteiger partial charge in [0.25, 0.3) is 0 Å². The van der Waals surface area contributed by atoms with Crippen molar-refractivity contribution >= 4 is 38.6 Å². The molecular weight excluding hydrogens is 360 g/mol. The molecule has 9 heteroatoms. The first-order valence-electron chi connectivity index (χ1n) is 8.24. The maximum atomic E-state index is 12.2. The zero-order valence-corrected chi connectivity index (χ0v) is 15.1. The maximum absolute atomic E-state index is 12.2. The number of carboxylic acids is 1. The number of fused-ring (bicyclic) bond motifs is 1.